The van der Waals surface area contributed by atoms with Gasteiger partial charge in [0.25, 0.3) is 0 Å². The number of ketones is 1. The number of aromatic carboxylic acids is 1. The Bertz CT molecular complexity index is 634. The van der Waals surface area contributed by atoms with E-state index < -0.39 is 5.97 Å². The summed E-state index contributed by atoms with van der Waals surface area (Å²) < 4.78 is 5.06. The second-order valence-corrected chi connectivity index (χ2v) is 5.50. The summed E-state index contributed by atoms with van der Waals surface area (Å²) in [4.78, 5) is 24.1. The highest BCUT2D eigenvalue weighted by atomic mass is 32.2. The Kier molecular flexibility index (Phi) is 2.91. The Balaban J connectivity index is 1.81. The molecule has 0 amide bonds. The van der Waals surface area contributed by atoms with E-state index in [9.17, 15) is 9.59 Å². The summed E-state index contributed by atoms with van der Waals surface area (Å²) in [5.74, 6) is -1.42. The Morgan fingerprint density at radius 1 is 1.16 bits per heavy atom. The van der Waals surface area contributed by atoms with Crippen LogP contribution in [0.1, 0.15) is 26.7 Å². The first kappa shape index (κ1) is 12.0. The third-order valence-electron chi connectivity index (χ3n) is 3.00. The SMILES string of the molecule is O=C(O)c1ccc(C(=O)C2Cc3ccccc3S2)o1. The van der Waals surface area contributed by atoms with Crippen LogP contribution in [0, 0.1) is 0 Å². The van der Waals surface area contributed by atoms with Crippen molar-refractivity contribution < 1.29 is 19.1 Å². The van der Waals surface area contributed by atoms with E-state index in [1.807, 2.05) is 24.3 Å². The lowest BCUT2D eigenvalue weighted by Crippen LogP contribution is -2.15. The molecule has 2 aromatic rings. The van der Waals surface area contributed by atoms with Gasteiger partial charge in [0, 0.05) is 4.90 Å². The van der Waals surface area contributed by atoms with E-state index in [1.54, 1.807) is 0 Å². The fourth-order valence-electron chi connectivity index (χ4n) is 2.07. The van der Waals surface area contributed by atoms with Gasteiger partial charge < -0.3 is 9.52 Å². The molecule has 0 saturated heterocycles. The molecule has 1 N–H and O–H groups in total. The van der Waals surface area contributed by atoms with Crippen LogP contribution in [-0.2, 0) is 6.42 Å². The van der Waals surface area contributed by atoms with Crippen molar-refractivity contribution in [3.05, 3.63) is 53.5 Å². The number of hydrogen-bond acceptors (Lipinski definition) is 4. The van der Waals surface area contributed by atoms with Gasteiger partial charge in [-0.2, -0.15) is 0 Å². The van der Waals surface area contributed by atoms with Gasteiger partial charge in [-0.3, -0.25) is 4.79 Å². The minimum atomic E-state index is -1.17. The van der Waals surface area contributed by atoms with Gasteiger partial charge in [0.05, 0.1) is 5.25 Å². The molecule has 1 aromatic heterocycles. The first-order chi connectivity index (χ1) is 9.15. The van der Waals surface area contributed by atoms with E-state index in [2.05, 4.69) is 0 Å². The van der Waals surface area contributed by atoms with E-state index in [0.29, 0.717) is 6.42 Å². The van der Waals surface area contributed by atoms with Crippen LogP contribution >= 0.6 is 11.8 Å². The summed E-state index contributed by atoms with van der Waals surface area (Å²) in [7, 11) is 0. The summed E-state index contributed by atoms with van der Waals surface area (Å²) in [6, 6.07) is 10.6. The first-order valence-electron chi connectivity index (χ1n) is 5.77. The van der Waals surface area contributed by atoms with Crippen molar-refractivity contribution in [2.45, 2.75) is 16.6 Å². The number of hydrogen-bond donors (Lipinski definition) is 1. The van der Waals surface area contributed by atoms with E-state index >= 15 is 0 Å². The molecule has 1 aromatic carbocycles. The fourth-order valence-corrected chi connectivity index (χ4v) is 3.32. The van der Waals surface area contributed by atoms with Crippen LogP contribution in [0.15, 0.2) is 45.7 Å². The van der Waals surface area contributed by atoms with Crippen LogP contribution in [0.2, 0.25) is 0 Å². The lowest BCUT2D eigenvalue weighted by atomic mass is 10.1. The van der Waals surface area contributed by atoms with Crippen LogP contribution in [-0.4, -0.2) is 22.1 Å². The number of carboxylic acid groups (broad SMARTS) is 1. The fraction of sp³-hybridized carbons (Fsp3) is 0.143. The predicted octanol–water partition coefficient (Wildman–Crippen LogP) is 2.88. The van der Waals surface area contributed by atoms with Crippen molar-refractivity contribution in [2.75, 3.05) is 0 Å². The summed E-state index contributed by atoms with van der Waals surface area (Å²) in [6.45, 7) is 0. The first-order valence-corrected chi connectivity index (χ1v) is 6.65. The van der Waals surface area contributed by atoms with Crippen LogP contribution in [0.25, 0.3) is 0 Å². The van der Waals surface area contributed by atoms with Gasteiger partial charge in [-0.25, -0.2) is 4.79 Å². The molecule has 0 saturated carbocycles. The van der Waals surface area contributed by atoms with Gasteiger partial charge in [-0.15, -0.1) is 11.8 Å². The molecular weight excluding hydrogens is 264 g/mol. The number of furan rings is 1. The normalized spacial score (nSPS) is 17.2. The molecule has 1 aliphatic heterocycles. The number of carboxylic acids is 1. The number of carbonyl (C=O) groups is 2. The molecule has 5 heteroatoms. The molecular formula is C14H10O4S. The number of benzene rings is 1. The largest absolute Gasteiger partial charge is 0.475 e. The summed E-state index contributed by atoms with van der Waals surface area (Å²) >= 11 is 1.50. The zero-order valence-corrected chi connectivity index (χ0v) is 10.6. The highest BCUT2D eigenvalue weighted by Crippen LogP contribution is 2.38. The maximum Gasteiger partial charge on any atom is 0.371 e. The van der Waals surface area contributed by atoms with Crippen molar-refractivity contribution in [1.29, 1.82) is 0 Å². The zero-order chi connectivity index (χ0) is 13.4. The quantitative estimate of drug-likeness (QED) is 0.872. The minimum absolute atomic E-state index is 0.114. The van der Waals surface area contributed by atoms with Crippen molar-refractivity contribution >= 4 is 23.5 Å². The van der Waals surface area contributed by atoms with Crippen LogP contribution < -0.4 is 0 Å². The molecule has 3 rings (SSSR count). The molecule has 1 atom stereocenters. The van der Waals surface area contributed by atoms with Gasteiger partial charge in [0.2, 0.25) is 11.5 Å². The molecule has 2 heterocycles. The summed E-state index contributed by atoms with van der Waals surface area (Å²) in [6.07, 6.45) is 0.656. The predicted molar refractivity (Wildman–Crippen MR) is 69.8 cm³/mol. The lowest BCUT2D eigenvalue weighted by Gasteiger charge is -2.03. The Hall–Kier alpha value is -2.01. The number of thioether (sulfide) groups is 1. The molecule has 1 aliphatic rings. The van der Waals surface area contributed by atoms with Crippen LogP contribution in [0.3, 0.4) is 0 Å². The second-order valence-electron chi connectivity index (χ2n) is 4.25. The van der Waals surface area contributed by atoms with Crippen molar-refractivity contribution in [3.8, 4) is 0 Å². The Morgan fingerprint density at radius 2 is 1.89 bits per heavy atom. The monoisotopic (exact) mass is 274 g/mol. The maximum atomic E-state index is 12.2. The van der Waals surface area contributed by atoms with Crippen molar-refractivity contribution in [1.82, 2.24) is 0 Å². The molecule has 0 bridgehead atoms. The number of Topliss-reactive ketones (excluding diaryl/α,β-unsaturated/α-hetero) is 1. The third kappa shape index (κ3) is 2.17. The van der Waals surface area contributed by atoms with Gasteiger partial charge in [-0.1, -0.05) is 18.2 Å². The number of fused-ring (bicyclic) bond motifs is 1. The summed E-state index contributed by atoms with van der Waals surface area (Å²) in [5.41, 5.74) is 1.15. The molecule has 1 unspecified atom stereocenters. The van der Waals surface area contributed by atoms with E-state index in [1.165, 1.54) is 23.9 Å². The molecule has 0 aliphatic carbocycles. The molecule has 0 fully saturated rings. The zero-order valence-electron chi connectivity index (χ0n) is 9.83. The molecule has 0 spiro atoms. The van der Waals surface area contributed by atoms with Crippen molar-refractivity contribution in [3.63, 3.8) is 0 Å². The van der Waals surface area contributed by atoms with Crippen molar-refractivity contribution in [2.24, 2.45) is 0 Å². The van der Waals surface area contributed by atoms with Gasteiger partial charge in [-0.05, 0) is 30.2 Å². The van der Waals surface area contributed by atoms with Crippen LogP contribution in [0.5, 0.6) is 0 Å². The Morgan fingerprint density at radius 3 is 2.58 bits per heavy atom. The van der Waals surface area contributed by atoms with Gasteiger partial charge >= 0.3 is 5.97 Å². The molecule has 19 heavy (non-hydrogen) atoms. The molecule has 96 valence electrons. The smallest absolute Gasteiger partial charge is 0.371 e. The third-order valence-corrected chi connectivity index (χ3v) is 4.32. The highest BCUT2D eigenvalue weighted by Gasteiger charge is 2.30. The molecule has 0 radical (unpaired) electrons. The highest BCUT2D eigenvalue weighted by molar-refractivity contribution is 8.01. The summed E-state index contributed by atoms with van der Waals surface area (Å²) in [5, 5.41) is 8.55. The second kappa shape index (κ2) is 4.59. The molecule has 4 nitrogen and oxygen atoms in total. The number of rotatable bonds is 3. The standard InChI is InChI=1S/C14H10O4S/c15-13(9-5-6-10(18-9)14(16)17)12-7-8-3-1-2-4-11(8)19-12/h1-6,12H,7H2,(H,16,17). The van der Waals surface area contributed by atoms with E-state index in [-0.39, 0.29) is 22.6 Å². The average Bonchev–Trinajstić information content (AvgIpc) is 3.04. The maximum absolute atomic E-state index is 12.2. The topological polar surface area (TPSA) is 67.5 Å². The average molecular weight is 274 g/mol. The lowest BCUT2D eigenvalue weighted by molar-refractivity contribution is 0.0660. The van der Waals surface area contributed by atoms with Gasteiger partial charge in [0.1, 0.15) is 0 Å². The number of carbonyl (C=O) groups excluding carboxylic acids is 1. The minimum Gasteiger partial charge on any atom is -0.475 e. The Labute approximate surface area is 113 Å². The van der Waals surface area contributed by atoms with Gasteiger partial charge in [0.15, 0.2) is 5.76 Å². The van der Waals surface area contributed by atoms with E-state index in [0.717, 1.165) is 10.5 Å². The van der Waals surface area contributed by atoms with Crippen LogP contribution in [0.4, 0.5) is 0 Å². The van der Waals surface area contributed by atoms with E-state index in [4.69, 9.17) is 9.52 Å².